The minimum absolute atomic E-state index is 0.0402. The Bertz CT molecular complexity index is 1160. The van der Waals surface area contributed by atoms with Crippen LogP contribution in [0.2, 0.25) is 5.15 Å². The zero-order valence-corrected chi connectivity index (χ0v) is 19.1. The van der Waals surface area contributed by atoms with Gasteiger partial charge in [-0.1, -0.05) is 18.5 Å². The molecule has 13 heteroatoms. The van der Waals surface area contributed by atoms with Crippen molar-refractivity contribution in [3.63, 3.8) is 0 Å². The average molecular weight is 505 g/mol. The number of anilines is 1. The van der Waals surface area contributed by atoms with E-state index in [4.69, 9.17) is 16.3 Å². The Labute approximate surface area is 196 Å². The van der Waals surface area contributed by atoms with Crippen LogP contribution in [0.25, 0.3) is 16.9 Å². The Balaban J connectivity index is 1.78. The Morgan fingerprint density at radius 1 is 1.15 bits per heavy atom. The van der Waals surface area contributed by atoms with E-state index in [0.29, 0.717) is 6.42 Å². The van der Waals surface area contributed by atoms with E-state index >= 15 is 8.78 Å². The number of rotatable bonds is 7. The van der Waals surface area contributed by atoms with E-state index in [1.807, 2.05) is 6.92 Å². The summed E-state index contributed by atoms with van der Waals surface area (Å²) in [6.45, 7) is 4.41. The van der Waals surface area contributed by atoms with Crippen LogP contribution in [0.5, 0.6) is 5.75 Å². The van der Waals surface area contributed by atoms with E-state index in [9.17, 15) is 13.2 Å². The Hall–Kier alpha value is -2.73. The van der Waals surface area contributed by atoms with Gasteiger partial charge in [-0.15, -0.1) is 0 Å². The first-order chi connectivity index (χ1) is 16.1. The zero-order valence-electron chi connectivity index (χ0n) is 18.3. The third-order valence-corrected chi connectivity index (χ3v) is 5.94. The van der Waals surface area contributed by atoms with Crippen LogP contribution in [0.3, 0.4) is 0 Å². The summed E-state index contributed by atoms with van der Waals surface area (Å²) in [5.74, 6) is -2.72. The molecule has 0 spiro atoms. The first kappa shape index (κ1) is 24.4. The van der Waals surface area contributed by atoms with Crippen molar-refractivity contribution in [1.29, 1.82) is 0 Å². The van der Waals surface area contributed by atoms with Crippen molar-refractivity contribution >= 4 is 23.2 Å². The fourth-order valence-electron chi connectivity index (χ4n) is 3.92. The van der Waals surface area contributed by atoms with Crippen molar-refractivity contribution in [2.75, 3.05) is 18.4 Å². The number of nitrogens with zero attached hydrogens (tertiary/aromatic N) is 5. The quantitative estimate of drug-likeness (QED) is 0.348. The second-order valence-corrected chi connectivity index (χ2v) is 8.35. The maximum Gasteiger partial charge on any atom is 0.408 e. The molecule has 1 saturated heterocycles. The number of fused-ring (bicyclic) bond motifs is 1. The first-order valence-corrected chi connectivity index (χ1v) is 11.1. The van der Waals surface area contributed by atoms with Crippen molar-refractivity contribution < 1.29 is 26.7 Å². The molecule has 4 rings (SSSR count). The van der Waals surface area contributed by atoms with Crippen LogP contribution in [0.1, 0.15) is 33.1 Å². The summed E-state index contributed by atoms with van der Waals surface area (Å²) < 4.78 is 77.1. The number of ether oxygens (including phenoxy) is 1. The Kier molecular flexibility index (Phi) is 6.81. The predicted molar refractivity (Wildman–Crippen MR) is 116 cm³/mol. The Morgan fingerprint density at radius 3 is 2.38 bits per heavy atom. The number of hydrogen-bond donors (Lipinski definition) is 1. The molecule has 1 aliphatic rings. The standard InChI is InChI=1S/C21H22ClF5N6O/c1-3-15(32-6-4-5-7-32)34-12-8-13(23)16(14(24)9-12)17-18(22)31-20-28-10-29-33(20)19(17)30-11(2)21(25,26)27/h8-11,15,30H,3-7H2,1-2H3/t11-,15?/m0/s1. The van der Waals surface area contributed by atoms with Crippen molar-refractivity contribution in [2.24, 2.45) is 0 Å². The van der Waals surface area contributed by atoms with Gasteiger partial charge in [-0.05, 0) is 26.2 Å². The summed E-state index contributed by atoms with van der Waals surface area (Å²) in [4.78, 5) is 9.82. The Morgan fingerprint density at radius 2 is 1.79 bits per heavy atom. The molecule has 2 atom stereocenters. The van der Waals surface area contributed by atoms with Gasteiger partial charge in [0, 0.05) is 25.2 Å². The number of nitrogens with one attached hydrogen (secondary N) is 1. The van der Waals surface area contributed by atoms with Gasteiger partial charge in [-0.3, -0.25) is 4.90 Å². The highest BCUT2D eigenvalue weighted by molar-refractivity contribution is 6.33. The number of aromatic nitrogens is 4. The maximum absolute atomic E-state index is 15.3. The van der Waals surface area contributed by atoms with Crippen molar-refractivity contribution in [1.82, 2.24) is 24.5 Å². The van der Waals surface area contributed by atoms with E-state index < -0.39 is 46.0 Å². The number of halogens is 6. The van der Waals surface area contributed by atoms with Crippen LogP contribution < -0.4 is 10.1 Å². The normalized spacial score (nSPS) is 16.7. The van der Waals surface area contributed by atoms with Crippen LogP contribution in [0.15, 0.2) is 18.5 Å². The van der Waals surface area contributed by atoms with E-state index in [0.717, 1.165) is 55.8 Å². The monoisotopic (exact) mass is 504 g/mol. The van der Waals surface area contributed by atoms with Gasteiger partial charge in [-0.25, -0.2) is 8.78 Å². The molecule has 3 heterocycles. The fourth-order valence-corrected chi connectivity index (χ4v) is 4.18. The average Bonchev–Trinajstić information content (AvgIpc) is 3.44. The minimum atomic E-state index is -4.65. The summed E-state index contributed by atoms with van der Waals surface area (Å²) in [5, 5.41) is 5.60. The van der Waals surface area contributed by atoms with Crippen LogP contribution in [-0.4, -0.2) is 56.0 Å². The lowest BCUT2D eigenvalue weighted by Gasteiger charge is -2.27. The van der Waals surface area contributed by atoms with Gasteiger partial charge < -0.3 is 10.1 Å². The third-order valence-electron chi connectivity index (χ3n) is 5.66. The van der Waals surface area contributed by atoms with Crippen molar-refractivity contribution in [3.05, 3.63) is 35.2 Å². The second-order valence-electron chi connectivity index (χ2n) is 7.99. The van der Waals surface area contributed by atoms with Gasteiger partial charge >= 0.3 is 6.18 Å². The van der Waals surface area contributed by atoms with E-state index in [1.54, 1.807) is 0 Å². The molecule has 1 aromatic carbocycles. The summed E-state index contributed by atoms with van der Waals surface area (Å²) in [5.41, 5.74) is -1.07. The van der Waals surface area contributed by atoms with Crippen molar-refractivity contribution in [3.8, 4) is 16.9 Å². The van der Waals surface area contributed by atoms with Gasteiger partial charge in [0.25, 0.3) is 5.78 Å². The van der Waals surface area contributed by atoms with Crippen LogP contribution in [0.4, 0.5) is 27.8 Å². The SMILES string of the molecule is CCC(Oc1cc(F)c(-c2c(Cl)nc3ncnn3c2N[C@@H](C)C(F)(F)F)c(F)c1)N1CCCC1. The molecule has 0 bridgehead atoms. The third kappa shape index (κ3) is 4.74. The molecule has 1 fully saturated rings. The largest absolute Gasteiger partial charge is 0.475 e. The van der Waals surface area contributed by atoms with Crippen molar-refractivity contribution in [2.45, 2.75) is 51.6 Å². The van der Waals surface area contributed by atoms with E-state index in [-0.39, 0.29) is 17.8 Å². The molecular formula is C21H22ClF5N6O. The number of hydrogen-bond acceptors (Lipinski definition) is 6. The lowest BCUT2D eigenvalue weighted by molar-refractivity contribution is -0.138. The smallest absolute Gasteiger partial charge is 0.408 e. The maximum atomic E-state index is 15.3. The van der Waals surface area contributed by atoms with Gasteiger partial charge in [0.2, 0.25) is 0 Å². The highest BCUT2D eigenvalue weighted by Crippen LogP contribution is 2.40. The molecule has 0 radical (unpaired) electrons. The molecule has 0 amide bonds. The summed E-state index contributed by atoms with van der Waals surface area (Å²) in [7, 11) is 0. The molecule has 0 saturated carbocycles. The highest BCUT2D eigenvalue weighted by Gasteiger charge is 2.38. The molecule has 1 aliphatic heterocycles. The lowest BCUT2D eigenvalue weighted by Crippen LogP contribution is -2.36. The summed E-state index contributed by atoms with van der Waals surface area (Å²) >= 11 is 6.19. The molecule has 1 unspecified atom stereocenters. The van der Waals surface area contributed by atoms with Gasteiger partial charge in [0.15, 0.2) is 6.23 Å². The number of likely N-dealkylation sites (tertiary alicyclic amines) is 1. The van der Waals surface area contributed by atoms with Crippen LogP contribution in [-0.2, 0) is 0 Å². The number of benzene rings is 1. The number of alkyl halides is 3. The predicted octanol–water partition coefficient (Wildman–Crippen LogP) is 5.30. The van der Waals surface area contributed by atoms with E-state index in [2.05, 4.69) is 25.3 Å². The zero-order chi connectivity index (χ0) is 24.6. The molecule has 1 N–H and O–H groups in total. The highest BCUT2D eigenvalue weighted by atomic mass is 35.5. The fraction of sp³-hybridized carbons (Fsp3) is 0.476. The van der Waals surface area contributed by atoms with Crippen LogP contribution in [0, 0.1) is 11.6 Å². The first-order valence-electron chi connectivity index (χ1n) is 10.7. The topological polar surface area (TPSA) is 67.6 Å². The van der Waals surface area contributed by atoms with Gasteiger partial charge in [-0.2, -0.15) is 32.8 Å². The summed E-state index contributed by atoms with van der Waals surface area (Å²) in [6.07, 6.45) is -1.33. The second kappa shape index (κ2) is 9.49. The van der Waals surface area contributed by atoms with Crippen LogP contribution >= 0.6 is 11.6 Å². The molecule has 3 aromatic rings. The lowest BCUT2D eigenvalue weighted by atomic mass is 10.1. The molecule has 184 valence electrons. The molecular weight excluding hydrogens is 483 g/mol. The molecule has 34 heavy (non-hydrogen) atoms. The molecule has 2 aromatic heterocycles. The van der Waals surface area contributed by atoms with Gasteiger partial charge in [0.05, 0.1) is 11.1 Å². The van der Waals surface area contributed by atoms with E-state index in [1.165, 1.54) is 0 Å². The summed E-state index contributed by atoms with van der Waals surface area (Å²) in [6, 6.07) is -0.122. The molecule has 0 aliphatic carbocycles. The molecule has 7 nitrogen and oxygen atoms in total. The van der Waals surface area contributed by atoms with Gasteiger partial charge in [0.1, 0.15) is 40.7 Å². The minimum Gasteiger partial charge on any atom is -0.475 e.